The van der Waals surface area contributed by atoms with Gasteiger partial charge in [-0.25, -0.2) is 4.98 Å². The number of rotatable bonds is 4. The molecule has 2 aromatic heterocycles. The lowest BCUT2D eigenvalue weighted by atomic mass is 9.84. The molecule has 6 heteroatoms. The van der Waals surface area contributed by atoms with Gasteiger partial charge in [0.15, 0.2) is 5.82 Å². The van der Waals surface area contributed by atoms with E-state index in [2.05, 4.69) is 25.4 Å². The van der Waals surface area contributed by atoms with Crippen LogP contribution in [-0.4, -0.2) is 26.2 Å². The van der Waals surface area contributed by atoms with E-state index >= 15 is 0 Å². The second-order valence-electron chi connectivity index (χ2n) is 6.40. The minimum atomic E-state index is 0.418. The van der Waals surface area contributed by atoms with Crippen molar-refractivity contribution < 1.29 is 4.52 Å². The molecule has 0 bridgehead atoms. The van der Waals surface area contributed by atoms with Crippen LogP contribution in [0.3, 0.4) is 0 Å². The summed E-state index contributed by atoms with van der Waals surface area (Å²) in [5.74, 6) is 3.60. The molecule has 0 aromatic carbocycles. The van der Waals surface area contributed by atoms with Crippen molar-refractivity contribution in [3.8, 4) is 0 Å². The summed E-state index contributed by atoms with van der Waals surface area (Å²) in [6.07, 6.45) is 13.3. The Morgan fingerprint density at radius 1 is 1.00 bits per heavy atom. The zero-order valence-corrected chi connectivity index (χ0v) is 12.6. The van der Waals surface area contributed by atoms with Gasteiger partial charge in [-0.05, 0) is 38.5 Å². The minimum absolute atomic E-state index is 0.418. The molecule has 2 aliphatic rings. The zero-order valence-electron chi connectivity index (χ0n) is 12.6. The highest BCUT2D eigenvalue weighted by Crippen LogP contribution is 2.37. The Kier molecular flexibility index (Phi) is 3.74. The van der Waals surface area contributed by atoms with Crippen LogP contribution in [0, 0.1) is 0 Å². The largest absolute Gasteiger partial charge is 0.366 e. The molecule has 2 heterocycles. The third-order valence-corrected chi connectivity index (χ3v) is 4.92. The lowest BCUT2D eigenvalue weighted by Crippen LogP contribution is -2.26. The summed E-state index contributed by atoms with van der Waals surface area (Å²) in [7, 11) is 0. The lowest BCUT2D eigenvalue weighted by molar-refractivity contribution is 0.300. The quantitative estimate of drug-likeness (QED) is 0.933. The molecule has 0 atom stereocenters. The Morgan fingerprint density at radius 3 is 2.55 bits per heavy atom. The number of aromatic nitrogens is 4. The highest BCUT2D eigenvalue weighted by molar-refractivity contribution is 5.31. The van der Waals surface area contributed by atoms with Gasteiger partial charge in [0, 0.05) is 30.3 Å². The Hall–Kier alpha value is -1.98. The predicted octanol–water partition coefficient (Wildman–Crippen LogP) is 3.27. The van der Waals surface area contributed by atoms with E-state index in [0.29, 0.717) is 17.9 Å². The van der Waals surface area contributed by atoms with Crippen molar-refractivity contribution >= 4 is 5.82 Å². The van der Waals surface area contributed by atoms with Crippen LogP contribution in [0.5, 0.6) is 0 Å². The molecule has 6 nitrogen and oxygen atoms in total. The maximum Gasteiger partial charge on any atom is 0.229 e. The maximum atomic E-state index is 5.51. The van der Waals surface area contributed by atoms with Gasteiger partial charge in [-0.3, -0.25) is 4.98 Å². The van der Waals surface area contributed by atoms with Crippen molar-refractivity contribution in [3.05, 3.63) is 30.3 Å². The van der Waals surface area contributed by atoms with Gasteiger partial charge in [0.2, 0.25) is 5.89 Å². The van der Waals surface area contributed by atoms with Crippen LogP contribution in [0.4, 0.5) is 5.82 Å². The summed E-state index contributed by atoms with van der Waals surface area (Å²) in [4.78, 5) is 13.0. The molecule has 0 radical (unpaired) electrons. The molecule has 0 spiro atoms. The second-order valence-corrected chi connectivity index (χ2v) is 6.40. The molecule has 2 fully saturated rings. The topological polar surface area (TPSA) is 76.7 Å². The third-order valence-electron chi connectivity index (χ3n) is 4.92. The normalized spacial score (nSPS) is 25.6. The van der Waals surface area contributed by atoms with Gasteiger partial charge < -0.3 is 9.84 Å². The summed E-state index contributed by atoms with van der Waals surface area (Å²) >= 11 is 0. The van der Waals surface area contributed by atoms with Gasteiger partial charge in [0.05, 0.1) is 6.20 Å². The summed E-state index contributed by atoms with van der Waals surface area (Å²) < 4.78 is 5.51. The predicted molar refractivity (Wildman–Crippen MR) is 81.5 cm³/mol. The summed E-state index contributed by atoms with van der Waals surface area (Å²) in [5.41, 5.74) is 0. The van der Waals surface area contributed by atoms with Crippen LogP contribution in [0.2, 0.25) is 0 Å². The van der Waals surface area contributed by atoms with Crippen LogP contribution >= 0.6 is 0 Å². The standard InChI is InChI=1S/C16H21N5O/c1-2-11(3-1)15-20-16(22-21-15)12-4-6-13(7-5-12)19-14-10-17-8-9-18-14/h8-13H,1-7H2,(H,18,19). The number of nitrogens with one attached hydrogen (secondary N) is 1. The monoisotopic (exact) mass is 299 g/mol. The Balaban J connectivity index is 1.32. The van der Waals surface area contributed by atoms with Crippen LogP contribution in [0.15, 0.2) is 23.1 Å². The van der Waals surface area contributed by atoms with Crippen molar-refractivity contribution in [2.45, 2.75) is 62.8 Å². The molecular weight excluding hydrogens is 278 g/mol. The molecule has 2 aromatic rings. The highest BCUT2D eigenvalue weighted by Gasteiger charge is 2.29. The van der Waals surface area contributed by atoms with Gasteiger partial charge >= 0.3 is 0 Å². The average Bonchev–Trinajstić information content (AvgIpc) is 2.97. The molecule has 116 valence electrons. The number of nitrogens with zero attached hydrogens (tertiary/aromatic N) is 4. The highest BCUT2D eigenvalue weighted by atomic mass is 16.5. The van der Waals surface area contributed by atoms with E-state index in [1.807, 2.05) is 0 Å². The first-order valence-corrected chi connectivity index (χ1v) is 8.24. The van der Waals surface area contributed by atoms with Crippen LogP contribution < -0.4 is 5.32 Å². The van der Waals surface area contributed by atoms with Crippen molar-refractivity contribution in [1.29, 1.82) is 0 Å². The van der Waals surface area contributed by atoms with E-state index < -0.39 is 0 Å². The van der Waals surface area contributed by atoms with Gasteiger partial charge in [-0.2, -0.15) is 4.98 Å². The van der Waals surface area contributed by atoms with Crippen molar-refractivity contribution in [2.24, 2.45) is 0 Å². The van der Waals surface area contributed by atoms with E-state index in [0.717, 1.165) is 43.2 Å². The molecule has 0 unspecified atom stereocenters. The minimum Gasteiger partial charge on any atom is -0.366 e. The summed E-state index contributed by atoms with van der Waals surface area (Å²) in [6, 6.07) is 0.460. The van der Waals surface area contributed by atoms with Gasteiger partial charge in [0.1, 0.15) is 5.82 Å². The average molecular weight is 299 g/mol. The second kappa shape index (κ2) is 6.02. The smallest absolute Gasteiger partial charge is 0.229 e. The Morgan fingerprint density at radius 2 is 1.86 bits per heavy atom. The van der Waals surface area contributed by atoms with Crippen molar-refractivity contribution in [3.63, 3.8) is 0 Å². The molecule has 0 amide bonds. The van der Waals surface area contributed by atoms with E-state index in [1.54, 1.807) is 18.6 Å². The van der Waals surface area contributed by atoms with Gasteiger partial charge in [-0.1, -0.05) is 11.6 Å². The van der Waals surface area contributed by atoms with E-state index in [9.17, 15) is 0 Å². The lowest BCUT2D eigenvalue weighted by Gasteiger charge is -2.27. The Bertz CT molecular complexity index is 602. The van der Waals surface area contributed by atoms with E-state index in [4.69, 9.17) is 4.52 Å². The summed E-state index contributed by atoms with van der Waals surface area (Å²) in [5, 5.41) is 7.63. The molecule has 4 rings (SSSR count). The molecule has 0 aliphatic heterocycles. The van der Waals surface area contributed by atoms with Crippen LogP contribution in [0.25, 0.3) is 0 Å². The first kappa shape index (κ1) is 13.7. The fraction of sp³-hybridized carbons (Fsp3) is 0.625. The Labute approximate surface area is 129 Å². The number of hydrogen-bond donors (Lipinski definition) is 1. The first-order chi connectivity index (χ1) is 10.9. The van der Waals surface area contributed by atoms with Crippen molar-refractivity contribution in [1.82, 2.24) is 20.1 Å². The van der Waals surface area contributed by atoms with Crippen molar-refractivity contribution in [2.75, 3.05) is 5.32 Å². The first-order valence-electron chi connectivity index (χ1n) is 8.24. The molecule has 22 heavy (non-hydrogen) atoms. The van der Waals surface area contributed by atoms with Gasteiger partial charge in [0.25, 0.3) is 0 Å². The number of anilines is 1. The fourth-order valence-corrected chi connectivity index (χ4v) is 3.31. The molecular formula is C16H21N5O. The molecule has 0 saturated heterocycles. The summed E-state index contributed by atoms with van der Waals surface area (Å²) in [6.45, 7) is 0. The van der Waals surface area contributed by atoms with Crippen LogP contribution in [-0.2, 0) is 0 Å². The third kappa shape index (κ3) is 2.82. The molecule has 2 saturated carbocycles. The SMILES string of the molecule is c1cnc(NC2CCC(c3nc(C4CCC4)no3)CC2)cn1. The molecule has 2 aliphatic carbocycles. The van der Waals surface area contributed by atoms with E-state index in [1.165, 1.54) is 19.3 Å². The van der Waals surface area contributed by atoms with E-state index in [-0.39, 0.29) is 0 Å². The fourth-order valence-electron chi connectivity index (χ4n) is 3.31. The maximum absolute atomic E-state index is 5.51. The zero-order chi connectivity index (χ0) is 14.8. The van der Waals surface area contributed by atoms with Crippen LogP contribution in [0.1, 0.15) is 68.5 Å². The van der Waals surface area contributed by atoms with Gasteiger partial charge in [-0.15, -0.1) is 0 Å². The molecule has 1 N–H and O–H groups in total. The number of hydrogen-bond acceptors (Lipinski definition) is 6.